The first-order valence-corrected chi connectivity index (χ1v) is 2.75. The van der Waals surface area contributed by atoms with E-state index in [4.69, 9.17) is 5.26 Å². The molecular formula is C5H3CuLiNS+2. The molecule has 0 radical (unpaired) electrons. The number of nitriles is 1. The van der Waals surface area contributed by atoms with Gasteiger partial charge in [0.2, 0.25) is 0 Å². The van der Waals surface area contributed by atoms with Crippen molar-refractivity contribution in [1.82, 2.24) is 0 Å². The molecule has 0 aliphatic heterocycles. The fourth-order valence-corrected chi connectivity index (χ4v) is 0.856. The standard InChI is InChI=1S/C5H3NS.Cu.Li/c6-4-5-2-1-3-7-5;;/h1-3H;;/q;2*+1. The second-order valence-electron chi connectivity index (χ2n) is 1.09. The zero-order valence-corrected chi connectivity index (χ0v) is 6.65. The van der Waals surface area contributed by atoms with E-state index in [1.54, 1.807) is 6.07 Å². The van der Waals surface area contributed by atoms with E-state index in [1.807, 2.05) is 17.5 Å². The quantitative estimate of drug-likeness (QED) is 0.451. The van der Waals surface area contributed by atoms with Crippen molar-refractivity contribution in [3.05, 3.63) is 22.4 Å². The molecule has 1 nitrogen and oxygen atoms in total. The number of rotatable bonds is 0. The molecule has 1 heterocycles. The summed E-state index contributed by atoms with van der Waals surface area (Å²) in [5.41, 5.74) is 0. The Balaban J connectivity index is 0. The molecule has 44 valence electrons. The summed E-state index contributed by atoms with van der Waals surface area (Å²) in [6, 6.07) is 5.69. The minimum atomic E-state index is 0. The van der Waals surface area contributed by atoms with E-state index in [0.29, 0.717) is 0 Å². The fraction of sp³-hybridized carbons (Fsp3) is 0. The third-order valence-corrected chi connectivity index (χ3v) is 1.41. The van der Waals surface area contributed by atoms with Crippen molar-refractivity contribution in [3.63, 3.8) is 0 Å². The number of hydrogen-bond acceptors (Lipinski definition) is 2. The van der Waals surface area contributed by atoms with Gasteiger partial charge in [0.15, 0.2) is 0 Å². The average Bonchev–Trinajstić information content (AvgIpc) is 2.14. The molecule has 1 aromatic heterocycles. The van der Waals surface area contributed by atoms with Crippen molar-refractivity contribution in [3.8, 4) is 6.07 Å². The minimum absolute atomic E-state index is 0. The van der Waals surface area contributed by atoms with Crippen LogP contribution in [0.5, 0.6) is 0 Å². The molecule has 0 aliphatic rings. The third kappa shape index (κ3) is 3.81. The van der Waals surface area contributed by atoms with E-state index < -0.39 is 0 Å². The van der Waals surface area contributed by atoms with Crippen LogP contribution < -0.4 is 18.9 Å². The van der Waals surface area contributed by atoms with Crippen molar-refractivity contribution in [2.45, 2.75) is 0 Å². The van der Waals surface area contributed by atoms with Gasteiger partial charge in [0.05, 0.1) is 0 Å². The zero-order chi connectivity index (χ0) is 5.11. The summed E-state index contributed by atoms with van der Waals surface area (Å²) in [5.74, 6) is 0. The van der Waals surface area contributed by atoms with Crippen LogP contribution in [0, 0.1) is 11.3 Å². The second kappa shape index (κ2) is 6.43. The van der Waals surface area contributed by atoms with Crippen molar-refractivity contribution in [2.24, 2.45) is 0 Å². The van der Waals surface area contributed by atoms with Crippen LogP contribution in [-0.2, 0) is 17.1 Å². The Morgan fingerprint density at radius 1 is 1.56 bits per heavy atom. The monoisotopic (exact) mass is 179 g/mol. The van der Waals surface area contributed by atoms with Crippen molar-refractivity contribution in [1.29, 1.82) is 5.26 Å². The summed E-state index contributed by atoms with van der Waals surface area (Å²) in [5, 5.41) is 10.1. The Hall–Kier alpha value is 0.307. The summed E-state index contributed by atoms with van der Waals surface area (Å²) >= 11 is 1.46. The molecule has 4 heteroatoms. The Morgan fingerprint density at radius 2 is 2.22 bits per heavy atom. The van der Waals surface area contributed by atoms with E-state index in [9.17, 15) is 0 Å². The van der Waals surface area contributed by atoms with E-state index in [2.05, 4.69) is 0 Å². The molecule has 0 amide bonds. The molecule has 0 saturated heterocycles. The first-order valence-electron chi connectivity index (χ1n) is 1.87. The molecule has 1 aromatic rings. The molecule has 0 unspecified atom stereocenters. The van der Waals surface area contributed by atoms with E-state index in [-0.39, 0.29) is 35.9 Å². The van der Waals surface area contributed by atoms with Gasteiger partial charge in [0.25, 0.3) is 0 Å². The third-order valence-electron chi connectivity index (χ3n) is 0.631. The normalized spacial score (nSPS) is 6.11. The minimum Gasteiger partial charge on any atom is -0.192 e. The summed E-state index contributed by atoms with van der Waals surface area (Å²) in [6.45, 7) is 0. The van der Waals surface area contributed by atoms with Crippen LogP contribution in [0.2, 0.25) is 0 Å². The van der Waals surface area contributed by atoms with E-state index in [0.717, 1.165) is 4.88 Å². The molecule has 0 saturated carbocycles. The van der Waals surface area contributed by atoms with Crippen LogP contribution in [0.4, 0.5) is 0 Å². The molecule has 0 bridgehead atoms. The van der Waals surface area contributed by atoms with Gasteiger partial charge in [-0.2, -0.15) is 5.26 Å². The van der Waals surface area contributed by atoms with E-state index >= 15 is 0 Å². The first-order chi connectivity index (χ1) is 3.43. The van der Waals surface area contributed by atoms with Crippen LogP contribution in [0.25, 0.3) is 0 Å². The summed E-state index contributed by atoms with van der Waals surface area (Å²) in [7, 11) is 0. The SMILES string of the molecule is N#Cc1cccs1.[Cu+].[Li+]. The fourth-order valence-electron chi connectivity index (χ4n) is 0.342. The van der Waals surface area contributed by atoms with Gasteiger partial charge in [0, 0.05) is 0 Å². The average molecular weight is 180 g/mol. The molecule has 0 N–H and O–H groups in total. The summed E-state index contributed by atoms with van der Waals surface area (Å²) in [4.78, 5) is 0.778. The van der Waals surface area contributed by atoms with Gasteiger partial charge in [-0.05, 0) is 11.4 Å². The van der Waals surface area contributed by atoms with Gasteiger partial charge in [0.1, 0.15) is 10.9 Å². The molecule has 1 rings (SSSR count). The molecule has 9 heavy (non-hydrogen) atoms. The van der Waals surface area contributed by atoms with Crippen LogP contribution in [0.15, 0.2) is 17.5 Å². The molecule has 0 atom stereocenters. The zero-order valence-electron chi connectivity index (χ0n) is 4.89. The maximum Gasteiger partial charge on any atom is 1.00 e. The Morgan fingerprint density at radius 3 is 2.44 bits per heavy atom. The van der Waals surface area contributed by atoms with Crippen LogP contribution in [0.1, 0.15) is 4.88 Å². The van der Waals surface area contributed by atoms with Gasteiger partial charge in [-0.3, -0.25) is 0 Å². The first kappa shape index (κ1) is 12.0. The second-order valence-corrected chi connectivity index (χ2v) is 2.04. The Labute approximate surface area is 80.7 Å². The maximum absolute atomic E-state index is 8.19. The van der Waals surface area contributed by atoms with Crippen molar-refractivity contribution >= 4 is 11.3 Å². The van der Waals surface area contributed by atoms with Gasteiger partial charge < -0.3 is 0 Å². The van der Waals surface area contributed by atoms with Crippen molar-refractivity contribution < 1.29 is 35.9 Å². The van der Waals surface area contributed by atoms with Gasteiger partial charge in [-0.25, -0.2) is 0 Å². The maximum atomic E-state index is 8.19. The molecule has 0 fully saturated rings. The smallest absolute Gasteiger partial charge is 0.192 e. The van der Waals surface area contributed by atoms with Gasteiger partial charge in [-0.15, -0.1) is 11.3 Å². The molecule has 0 spiro atoms. The topological polar surface area (TPSA) is 23.8 Å². The number of nitrogens with zero attached hydrogens (tertiary/aromatic N) is 1. The van der Waals surface area contributed by atoms with Gasteiger partial charge in [-0.1, -0.05) is 6.07 Å². The molecule has 0 aromatic carbocycles. The van der Waals surface area contributed by atoms with Gasteiger partial charge >= 0.3 is 35.9 Å². The van der Waals surface area contributed by atoms with E-state index in [1.165, 1.54) is 11.3 Å². The largest absolute Gasteiger partial charge is 1.00 e. The van der Waals surface area contributed by atoms with Crippen LogP contribution >= 0.6 is 11.3 Å². The summed E-state index contributed by atoms with van der Waals surface area (Å²) in [6.07, 6.45) is 0. The van der Waals surface area contributed by atoms with Crippen LogP contribution in [0.3, 0.4) is 0 Å². The predicted octanol–water partition coefficient (Wildman–Crippen LogP) is -1.38. The number of hydrogen-bond donors (Lipinski definition) is 0. The summed E-state index contributed by atoms with van der Waals surface area (Å²) < 4.78 is 0. The number of thiophene rings is 1. The Bertz CT molecular complexity index is 179. The van der Waals surface area contributed by atoms with Crippen LogP contribution in [-0.4, -0.2) is 0 Å². The predicted molar refractivity (Wildman–Crippen MR) is 29.0 cm³/mol. The van der Waals surface area contributed by atoms with Crippen molar-refractivity contribution in [2.75, 3.05) is 0 Å². The Kier molecular flexibility index (Phi) is 8.59. The molecule has 0 aliphatic carbocycles. The molecular weight excluding hydrogens is 177 g/mol.